The summed E-state index contributed by atoms with van der Waals surface area (Å²) in [6.45, 7) is 0. The molecule has 7 aromatic carbocycles. The van der Waals surface area contributed by atoms with Crippen LogP contribution in [0.15, 0.2) is 193 Å². The Morgan fingerprint density at radius 3 is 1.56 bits per heavy atom. The van der Waals surface area contributed by atoms with Crippen LogP contribution in [0.5, 0.6) is 0 Å². The van der Waals surface area contributed by atoms with Crippen molar-refractivity contribution in [2.24, 2.45) is 0 Å². The lowest BCUT2D eigenvalue weighted by atomic mass is 9.99. The standard InChI is InChI=1S/C48H31N3O/c52-48-39-21-11-13-23-44(39)51(47-31-36(32-14-4-1-5-15-32)30-42(49-47)33-16-6-2-7-17-33)46-27-25-35(29-41(46)48)34-24-26-45-40(28-34)38-20-10-12-22-43(38)50(45)37-18-8-3-9-19-37/h1-31H. The zero-order valence-corrected chi connectivity index (χ0v) is 28.1. The Balaban J connectivity index is 1.20. The molecule has 52 heavy (non-hydrogen) atoms. The first-order chi connectivity index (χ1) is 25.7. The fraction of sp³-hybridized carbons (Fsp3) is 0. The van der Waals surface area contributed by atoms with E-state index in [2.05, 4.69) is 143 Å². The molecule has 4 nitrogen and oxygen atoms in total. The molecule has 3 heterocycles. The van der Waals surface area contributed by atoms with Crippen molar-refractivity contribution in [1.82, 2.24) is 14.1 Å². The molecule has 4 heteroatoms. The van der Waals surface area contributed by atoms with Gasteiger partial charge in [-0.25, -0.2) is 4.98 Å². The first-order valence-electron chi connectivity index (χ1n) is 17.5. The zero-order chi connectivity index (χ0) is 34.6. The minimum Gasteiger partial charge on any atom is -0.309 e. The smallest absolute Gasteiger partial charge is 0.197 e. The van der Waals surface area contributed by atoms with E-state index in [0.29, 0.717) is 10.8 Å². The molecule has 0 aliphatic carbocycles. The fourth-order valence-corrected chi connectivity index (χ4v) is 7.67. The fourth-order valence-electron chi connectivity index (χ4n) is 7.67. The van der Waals surface area contributed by atoms with Crippen molar-refractivity contribution in [3.8, 4) is 45.0 Å². The maximum absolute atomic E-state index is 14.3. The normalized spacial score (nSPS) is 11.5. The molecule has 0 amide bonds. The van der Waals surface area contributed by atoms with Crippen molar-refractivity contribution in [3.05, 3.63) is 198 Å². The van der Waals surface area contributed by atoms with E-state index in [1.165, 1.54) is 10.8 Å². The number of para-hydroxylation sites is 3. The summed E-state index contributed by atoms with van der Waals surface area (Å²) in [4.78, 5) is 19.6. The highest BCUT2D eigenvalue weighted by Gasteiger charge is 2.18. The van der Waals surface area contributed by atoms with Crippen molar-refractivity contribution < 1.29 is 0 Å². The maximum atomic E-state index is 14.3. The molecule has 0 aliphatic heterocycles. The van der Waals surface area contributed by atoms with E-state index in [1.807, 2.05) is 54.6 Å². The van der Waals surface area contributed by atoms with Crippen LogP contribution in [0.4, 0.5) is 0 Å². The molecule has 3 aromatic heterocycles. The predicted molar refractivity (Wildman–Crippen MR) is 215 cm³/mol. The Morgan fingerprint density at radius 1 is 0.346 bits per heavy atom. The minimum absolute atomic E-state index is 0.00737. The summed E-state index contributed by atoms with van der Waals surface area (Å²) < 4.78 is 4.46. The van der Waals surface area contributed by atoms with Gasteiger partial charge in [0.2, 0.25) is 0 Å². The second-order valence-electron chi connectivity index (χ2n) is 13.2. The number of hydrogen-bond acceptors (Lipinski definition) is 2. The van der Waals surface area contributed by atoms with E-state index in [-0.39, 0.29) is 5.43 Å². The average Bonchev–Trinajstić information content (AvgIpc) is 3.55. The Bertz CT molecular complexity index is 2960. The van der Waals surface area contributed by atoms with Crippen molar-refractivity contribution >= 4 is 43.6 Å². The third kappa shape index (κ3) is 4.84. The number of hydrogen-bond donors (Lipinski definition) is 0. The van der Waals surface area contributed by atoms with Crippen LogP contribution in [0.25, 0.3) is 88.6 Å². The number of fused-ring (bicyclic) bond motifs is 5. The van der Waals surface area contributed by atoms with Crippen LogP contribution in [0, 0.1) is 0 Å². The summed E-state index contributed by atoms with van der Waals surface area (Å²) in [6.07, 6.45) is 0. The molecule has 10 aromatic rings. The molecule has 244 valence electrons. The lowest BCUT2D eigenvalue weighted by molar-refractivity contribution is 1.07. The lowest BCUT2D eigenvalue weighted by Gasteiger charge is -2.18. The first-order valence-corrected chi connectivity index (χ1v) is 17.5. The van der Waals surface area contributed by atoms with Gasteiger partial charge in [-0.2, -0.15) is 0 Å². The summed E-state index contributed by atoms with van der Waals surface area (Å²) in [5.41, 5.74) is 11.2. The predicted octanol–water partition coefficient (Wildman–Crippen LogP) is 11.6. The molecule has 0 bridgehead atoms. The number of rotatable bonds is 5. The Kier molecular flexibility index (Phi) is 6.93. The van der Waals surface area contributed by atoms with Gasteiger partial charge < -0.3 is 4.57 Å². The topological polar surface area (TPSA) is 39.8 Å². The van der Waals surface area contributed by atoms with Gasteiger partial charge in [-0.15, -0.1) is 0 Å². The van der Waals surface area contributed by atoms with Gasteiger partial charge in [0.15, 0.2) is 5.43 Å². The largest absolute Gasteiger partial charge is 0.309 e. The number of pyridine rings is 2. The Hall–Kier alpha value is -7.04. The second kappa shape index (κ2) is 12.1. The maximum Gasteiger partial charge on any atom is 0.197 e. The van der Waals surface area contributed by atoms with Crippen molar-refractivity contribution in [2.45, 2.75) is 0 Å². The molecule has 0 N–H and O–H groups in total. The molecule has 0 fully saturated rings. The number of aromatic nitrogens is 3. The van der Waals surface area contributed by atoms with E-state index in [1.54, 1.807) is 0 Å². The summed E-state index contributed by atoms with van der Waals surface area (Å²) in [5, 5.41) is 3.66. The average molecular weight is 666 g/mol. The first kappa shape index (κ1) is 29.8. The Morgan fingerprint density at radius 2 is 0.865 bits per heavy atom. The molecule has 0 spiro atoms. The number of benzene rings is 7. The highest BCUT2D eigenvalue weighted by molar-refractivity contribution is 6.10. The van der Waals surface area contributed by atoms with Crippen LogP contribution in [0.2, 0.25) is 0 Å². The van der Waals surface area contributed by atoms with Gasteiger partial charge in [-0.3, -0.25) is 9.36 Å². The molecule has 0 atom stereocenters. The highest BCUT2D eigenvalue weighted by atomic mass is 16.1. The molecular weight excluding hydrogens is 635 g/mol. The van der Waals surface area contributed by atoms with Crippen LogP contribution in [0.1, 0.15) is 0 Å². The van der Waals surface area contributed by atoms with Gasteiger partial charge in [0.05, 0.1) is 27.8 Å². The number of nitrogens with zero attached hydrogens (tertiary/aromatic N) is 3. The van der Waals surface area contributed by atoms with Gasteiger partial charge in [-0.1, -0.05) is 121 Å². The molecule has 10 rings (SSSR count). The SMILES string of the molecule is O=c1c2ccccc2n(-c2cc(-c3ccccc3)cc(-c3ccccc3)n2)c2ccc(-c3ccc4c(c3)c3ccccc3n4-c3ccccc3)cc12. The zero-order valence-electron chi connectivity index (χ0n) is 28.1. The van der Waals surface area contributed by atoms with E-state index < -0.39 is 0 Å². The van der Waals surface area contributed by atoms with Crippen LogP contribution < -0.4 is 5.43 Å². The summed E-state index contributed by atoms with van der Waals surface area (Å²) in [5.74, 6) is 0.754. The van der Waals surface area contributed by atoms with Crippen molar-refractivity contribution in [3.63, 3.8) is 0 Å². The van der Waals surface area contributed by atoms with E-state index in [0.717, 1.165) is 67.1 Å². The van der Waals surface area contributed by atoms with Crippen LogP contribution in [0.3, 0.4) is 0 Å². The molecule has 0 saturated heterocycles. The third-order valence-corrected chi connectivity index (χ3v) is 10.1. The molecule has 0 saturated carbocycles. The van der Waals surface area contributed by atoms with Gasteiger partial charge in [0, 0.05) is 32.8 Å². The molecule has 0 unspecified atom stereocenters. The van der Waals surface area contributed by atoms with Crippen LogP contribution in [-0.4, -0.2) is 14.1 Å². The summed E-state index contributed by atoms with van der Waals surface area (Å²) in [7, 11) is 0. The third-order valence-electron chi connectivity index (χ3n) is 10.1. The monoisotopic (exact) mass is 665 g/mol. The summed E-state index contributed by atoms with van der Waals surface area (Å²) in [6, 6.07) is 64.7. The van der Waals surface area contributed by atoms with Crippen molar-refractivity contribution in [2.75, 3.05) is 0 Å². The van der Waals surface area contributed by atoms with Crippen LogP contribution in [-0.2, 0) is 0 Å². The lowest BCUT2D eigenvalue weighted by Crippen LogP contribution is -2.12. The molecule has 0 radical (unpaired) electrons. The van der Waals surface area contributed by atoms with Crippen LogP contribution >= 0.6 is 0 Å². The molecular formula is C48H31N3O. The van der Waals surface area contributed by atoms with E-state index >= 15 is 0 Å². The molecule has 0 aliphatic rings. The Labute approximate surface area is 300 Å². The van der Waals surface area contributed by atoms with E-state index in [9.17, 15) is 4.79 Å². The summed E-state index contributed by atoms with van der Waals surface area (Å²) >= 11 is 0. The van der Waals surface area contributed by atoms with Gasteiger partial charge in [-0.05, 0) is 89.0 Å². The van der Waals surface area contributed by atoms with Gasteiger partial charge in [0.1, 0.15) is 5.82 Å². The van der Waals surface area contributed by atoms with Gasteiger partial charge >= 0.3 is 0 Å². The van der Waals surface area contributed by atoms with Crippen molar-refractivity contribution in [1.29, 1.82) is 0 Å². The van der Waals surface area contributed by atoms with Gasteiger partial charge in [0.25, 0.3) is 0 Å². The highest BCUT2D eigenvalue weighted by Crippen LogP contribution is 2.36. The second-order valence-corrected chi connectivity index (χ2v) is 13.2. The quantitative estimate of drug-likeness (QED) is 0.172. The van der Waals surface area contributed by atoms with E-state index in [4.69, 9.17) is 4.98 Å². The minimum atomic E-state index is 0.00737.